The lowest BCUT2D eigenvalue weighted by Gasteiger charge is -2.20. The zero-order valence-electron chi connectivity index (χ0n) is 11.3. The van der Waals surface area contributed by atoms with E-state index < -0.39 is 10.0 Å². The molecule has 0 aliphatic heterocycles. The van der Waals surface area contributed by atoms with Crippen molar-refractivity contribution in [2.45, 2.75) is 37.1 Å². The van der Waals surface area contributed by atoms with Crippen LogP contribution in [0.25, 0.3) is 0 Å². The molecule has 1 aliphatic carbocycles. The molecule has 0 atom stereocenters. The number of hydrogen-bond acceptors (Lipinski definition) is 5. The highest BCUT2D eigenvalue weighted by Gasteiger charge is 2.39. The molecule has 1 aliphatic rings. The maximum atomic E-state index is 12.7. The summed E-state index contributed by atoms with van der Waals surface area (Å²) in [6.07, 6.45) is 4.62. The number of nitrogens with zero attached hydrogens (tertiary/aromatic N) is 2. The number of rotatable bonds is 6. The third-order valence-electron chi connectivity index (χ3n) is 3.40. The van der Waals surface area contributed by atoms with E-state index in [4.69, 9.17) is 9.52 Å². The van der Waals surface area contributed by atoms with Gasteiger partial charge in [0.05, 0.1) is 19.4 Å². The van der Waals surface area contributed by atoms with Crippen LogP contribution in [0, 0.1) is 0 Å². The number of sulfonamides is 1. The first-order valence-corrected chi connectivity index (χ1v) is 8.15. The molecule has 7 heteroatoms. The Balaban J connectivity index is 1.89. The summed E-state index contributed by atoms with van der Waals surface area (Å²) in [6.45, 7) is 0.0511. The van der Waals surface area contributed by atoms with Gasteiger partial charge in [-0.3, -0.25) is 0 Å². The Hall–Kier alpha value is -1.70. The maximum Gasteiger partial charge on any atom is 0.261 e. The first-order chi connectivity index (χ1) is 10.1. The molecule has 0 bridgehead atoms. The number of aliphatic hydroxyl groups is 1. The van der Waals surface area contributed by atoms with Gasteiger partial charge < -0.3 is 9.52 Å². The van der Waals surface area contributed by atoms with Gasteiger partial charge in [-0.2, -0.15) is 4.31 Å². The third-order valence-corrected chi connectivity index (χ3v) is 5.21. The summed E-state index contributed by atoms with van der Waals surface area (Å²) in [5.74, 6) is 0.609. The lowest BCUT2D eigenvalue weighted by Crippen LogP contribution is -2.33. The summed E-state index contributed by atoms with van der Waals surface area (Å²) >= 11 is 0. The van der Waals surface area contributed by atoms with E-state index in [1.54, 1.807) is 18.2 Å². The summed E-state index contributed by atoms with van der Waals surface area (Å²) in [7, 11) is -3.66. The van der Waals surface area contributed by atoms with Crippen LogP contribution in [-0.2, 0) is 23.2 Å². The molecular formula is C14H16N2O4S. The van der Waals surface area contributed by atoms with Crippen molar-refractivity contribution in [3.63, 3.8) is 0 Å². The summed E-state index contributed by atoms with van der Waals surface area (Å²) in [5, 5.41) is 9.00. The minimum absolute atomic E-state index is 0.00171. The highest BCUT2D eigenvalue weighted by atomic mass is 32.2. The predicted molar refractivity (Wildman–Crippen MR) is 74.6 cm³/mol. The highest BCUT2D eigenvalue weighted by molar-refractivity contribution is 7.89. The van der Waals surface area contributed by atoms with Gasteiger partial charge >= 0.3 is 0 Å². The van der Waals surface area contributed by atoms with Gasteiger partial charge in [-0.1, -0.05) is 6.07 Å². The molecule has 0 unspecified atom stereocenters. The Morgan fingerprint density at radius 3 is 2.67 bits per heavy atom. The Morgan fingerprint density at radius 2 is 2.14 bits per heavy atom. The van der Waals surface area contributed by atoms with Crippen LogP contribution < -0.4 is 0 Å². The second-order valence-electron chi connectivity index (χ2n) is 5.02. The fourth-order valence-corrected chi connectivity index (χ4v) is 3.67. The Bertz CT molecular complexity index is 691. The van der Waals surface area contributed by atoms with Crippen molar-refractivity contribution in [3.05, 3.63) is 48.0 Å². The maximum absolute atomic E-state index is 12.7. The highest BCUT2D eigenvalue weighted by Crippen LogP contribution is 2.33. The monoisotopic (exact) mass is 308 g/mol. The van der Waals surface area contributed by atoms with Crippen molar-refractivity contribution in [2.75, 3.05) is 0 Å². The molecule has 0 spiro atoms. The molecule has 2 heterocycles. The Labute approximate surface area is 123 Å². The molecule has 0 radical (unpaired) electrons. The van der Waals surface area contributed by atoms with Crippen LogP contribution in [-0.4, -0.2) is 28.9 Å². The SMILES string of the molecule is O=S(=O)(c1ccc(CO)cn1)N(Cc1ccco1)C1CC1. The lowest BCUT2D eigenvalue weighted by atomic mass is 10.3. The molecule has 2 aromatic heterocycles. The standard InChI is InChI=1S/C14H16N2O4S/c17-10-11-3-6-14(15-8-11)21(18,19)16(12-4-5-12)9-13-2-1-7-20-13/h1-3,6-8,12,17H,4-5,9-10H2. The van der Waals surface area contributed by atoms with E-state index in [0.717, 1.165) is 12.8 Å². The van der Waals surface area contributed by atoms with Crippen LogP contribution in [0.15, 0.2) is 46.2 Å². The predicted octanol–water partition coefficient (Wildman–Crippen LogP) is 1.52. The fraction of sp³-hybridized carbons (Fsp3) is 0.357. The molecule has 0 saturated heterocycles. The van der Waals surface area contributed by atoms with Crippen LogP contribution in [0.5, 0.6) is 0 Å². The zero-order valence-corrected chi connectivity index (χ0v) is 12.2. The molecule has 3 rings (SSSR count). The van der Waals surface area contributed by atoms with Crippen molar-refractivity contribution < 1.29 is 17.9 Å². The summed E-state index contributed by atoms with van der Waals surface area (Å²) < 4.78 is 32.1. The third kappa shape index (κ3) is 2.99. The van der Waals surface area contributed by atoms with Crippen LogP contribution >= 0.6 is 0 Å². The molecule has 1 N–H and O–H groups in total. The molecule has 21 heavy (non-hydrogen) atoms. The van der Waals surface area contributed by atoms with Gasteiger partial charge in [0.15, 0.2) is 5.03 Å². The van der Waals surface area contributed by atoms with Gasteiger partial charge in [-0.25, -0.2) is 13.4 Å². The number of pyridine rings is 1. The van der Waals surface area contributed by atoms with E-state index in [0.29, 0.717) is 11.3 Å². The van der Waals surface area contributed by atoms with Gasteiger partial charge in [-0.05, 0) is 36.6 Å². The number of furan rings is 1. The van der Waals surface area contributed by atoms with E-state index >= 15 is 0 Å². The number of hydrogen-bond donors (Lipinski definition) is 1. The summed E-state index contributed by atoms with van der Waals surface area (Å²) in [4.78, 5) is 3.96. The van der Waals surface area contributed by atoms with Crippen LogP contribution in [0.2, 0.25) is 0 Å². The molecule has 1 fully saturated rings. The van der Waals surface area contributed by atoms with Crippen LogP contribution in [0.1, 0.15) is 24.2 Å². The average molecular weight is 308 g/mol. The normalized spacial score (nSPS) is 15.5. The topological polar surface area (TPSA) is 83.6 Å². The van der Waals surface area contributed by atoms with E-state index in [-0.39, 0.29) is 24.2 Å². The van der Waals surface area contributed by atoms with Crippen molar-refractivity contribution in [1.29, 1.82) is 0 Å². The second-order valence-corrected chi connectivity index (χ2v) is 6.86. The molecule has 0 amide bonds. The van der Waals surface area contributed by atoms with Crippen molar-refractivity contribution in [2.24, 2.45) is 0 Å². The van der Waals surface area contributed by atoms with E-state index in [9.17, 15) is 8.42 Å². The zero-order chi connectivity index (χ0) is 14.9. The second kappa shape index (κ2) is 5.59. The summed E-state index contributed by atoms with van der Waals surface area (Å²) in [5.41, 5.74) is 0.581. The van der Waals surface area contributed by atoms with Crippen molar-refractivity contribution in [3.8, 4) is 0 Å². The molecular weight excluding hydrogens is 292 g/mol. The lowest BCUT2D eigenvalue weighted by molar-refractivity contribution is 0.281. The van der Waals surface area contributed by atoms with Crippen molar-refractivity contribution in [1.82, 2.24) is 9.29 Å². The van der Waals surface area contributed by atoms with Gasteiger partial charge in [-0.15, -0.1) is 0 Å². The fourth-order valence-electron chi connectivity index (χ4n) is 2.11. The van der Waals surface area contributed by atoms with Gasteiger partial charge in [0.2, 0.25) is 0 Å². The summed E-state index contributed by atoms with van der Waals surface area (Å²) in [6, 6.07) is 6.50. The molecule has 2 aromatic rings. The molecule has 1 saturated carbocycles. The first-order valence-electron chi connectivity index (χ1n) is 6.71. The van der Waals surface area contributed by atoms with Crippen LogP contribution in [0.4, 0.5) is 0 Å². The Kier molecular flexibility index (Phi) is 3.79. The van der Waals surface area contributed by atoms with Gasteiger partial charge in [0.25, 0.3) is 10.0 Å². The minimum atomic E-state index is -3.66. The number of aromatic nitrogens is 1. The van der Waals surface area contributed by atoms with Crippen LogP contribution in [0.3, 0.4) is 0 Å². The van der Waals surface area contributed by atoms with E-state index in [2.05, 4.69) is 4.98 Å². The largest absolute Gasteiger partial charge is 0.468 e. The first kappa shape index (κ1) is 14.2. The van der Waals surface area contributed by atoms with Gasteiger partial charge in [0.1, 0.15) is 5.76 Å². The molecule has 6 nitrogen and oxygen atoms in total. The molecule has 112 valence electrons. The number of aliphatic hydroxyl groups excluding tert-OH is 1. The minimum Gasteiger partial charge on any atom is -0.468 e. The average Bonchev–Trinajstić information content (AvgIpc) is 3.20. The van der Waals surface area contributed by atoms with E-state index in [1.807, 2.05) is 0 Å². The van der Waals surface area contributed by atoms with E-state index in [1.165, 1.54) is 22.8 Å². The Morgan fingerprint density at radius 1 is 1.33 bits per heavy atom. The smallest absolute Gasteiger partial charge is 0.261 e. The molecule has 0 aromatic carbocycles. The quantitative estimate of drug-likeness (QED) is 0.874. The van der Waals surface area contributed by atoms with Gasteiger partial charge in [0, 0.05) is 12.2 Å². The van der Waals surface area contributed by atoms with Crippen molar-refractivity contribution >= 4 is 10.0 Å².